The minimum atomic E-state index is -0.717. The lowest BCUT2D eigenvalue weighted by atomic mass is 9.98. The van der Waals surface area contributed by atoms with Gasteiger partial charge < -0.3 is 10.0 Å². The van der Waals surface area contributed by atoms with Crippen molar-refractivity contribution >= 4 is 46.2 Å². The normalized spacial score (nSPS) is 22.8. The molecule has 2 amide bonds. The zero-order chi connectivity index (χ0) is 20.3. The number of hydrogen-bond acceptors (Lipinski definition) is 5. The van der Waals surface area contributed by atoms with Crippen LogP contribution in [0.5, 0.6) is 0 Å². The van der Waals surface area contributed by atoms with Gasteiger partial charge in [-0.15, -0.1) is 0 Å². The van der Waals surface area contributed by atoms with Crippen molar-refractivity contribution in [3.8, 4) is 0 Å². The minimum Gasteiger partial charge on any atom is -0.396 e. The molecule has 8 heteroatoms. The van der Waals surface area contributed by atoms with Crippen LogP contribution in [0.2, 0.25) is 0 Å². The van der Waals surface area contributed by atoms with Crippen LogP contribution in [0.4, 0.5) is 4.39 Å². The maximum absolute atomic E-state index is 13.4. The fourth-order valence-corrected chi connectivity index (χ4v) is 5.07. The molecule has 2 saturated heterocycles. The number of carbonyl (C=O) groups is 2. The molecule has 2 fully saturated rings. The molecule has 3 rings (SSSR count). The summed E-state index contributed by atoms with van der Waals surface area (Å²) in [5, 5.41) is 9.29. The number of thiocarbonyl (C=S) groups is 1. The van der Waals surface area contributed by atoms with E-state index in [9.17, 15) is 19.1 Å². The molecule has 5 nitrogen and oxygen atoms in total. The Labute approximate surface area is 173 Å². The summed E-state index contributed by atoms with van der Waals surface area (Å²) in [5.41, 5.74) is 0.568. The van der Waals surface area contributed by atoms with E-state index < -0.39 is 6.04 Å². The second kappa shape index (κ2) is 9.15. The van der Waals surface area contributed by atoms with E-state index in [1.165, 1.54) is 17.0 Å². The predicted octanol–water partition coefficient (Wildman–Crippen LogP) is 3.18. The highest BCUT2D eigenvalue weighted by Crippen LogP contribution is 2.35. The van der Waals surface area contributed by atoms with Crippen LogP contribution < -0.4 is 0 Å². The van der Waals surface area contributed by atoms with Gasteiger partial charge in [0.15, 0.2) is 0 Å². The molecule has 0 radical (unpaired) electrons. The van der Waals surface area contributed by atoms with Crippen LogP contribution in [0.3, 0.4) is 0 Å². The van der Waals surface area contributed by atoms with Crippen molar-refractivity contribution in [3.63, 3.8) is 0 Å². The van der Waals surface area contributed by atoms with Gasteiger partial charge in [-0.25, -0.2) is 4.39 Å². The third-order valence-electron chi connectivity index (χ3n) is 5.09. The summed E-state index contributed by atoms with van der Waals surface area (Å²) in [5.74, 6) is -0.870. The summed E-state index contributed by atoms with van der Waals surface area (Å²) in [6.45, 7) is 2.34. The highest BCUT2D eigenvalue weighted by Gasteiger charge is 2.40. The van der Waals surface area contributed by atoms with E-state index in [4.69, 9.17) is 12.2 Å². The Morgan fingerprint density at radius 3 is 2.96 bits per heavy atom. The van der Waals surface area contributed by atoms with E-state index in [1.54, 1.807) is 30.0 Å². The number of aliphatic hydroxyl groups excluding tert-OH is 1. The molecule has 2 aliphatic heterocycles. The summed E-state index contributed by atoms with van der Waals surface area (Å²) in [7, 11) is 0. The minimum absolute atomic E-state index is 0.00469. The van der Waals surface area contributed by atoms with Crippen molar-refractivity contribution in [2.24, 2.45) is 0 Å². The number of aliphatic hydroxyl groups is 1. The molecular formula is C20H23FN2O3S2. The first-order chi connectivity index (χ1) is 13.4. The van der Waals surface area contributed by atoms with Gasteiger partial charge in [-0.05, 0) is 56.4 Å². The van der Waals surface area contributed by atoms with Crippen LogP contribution >= 0.6 is 24.0 Å². The maximum Gasteiger partial charge on any atom is 0.266 e. The lowest BCUT2D eigenvalue weighted by Crippen LogP contribution is -2.53. The quantitative estimate of drug-likeness (QED) is 0.583. The van der Waals surface area contributed by atoms with Gasteiger partial charge in [0, 0.05) is 19.2 Å². The van der Waals surface area contributed by atoms with Crippen LogP contribution in [0.15, 0.2) is 29.2 Å². The van der Waals surface area contributed by atoms with E-state index in [0.29, 0.717) is 27.8 Å². The number of hydrogen-bond donors (Lipinski definition) is 1. The standard InChI is InChI=1S/C20H23FN2O3S2/c1-13(18(25)22-9-3-2-7-16(22)8-10-24)23-19(26)17(28-20(23)27)12-14-5-4-6-15(21)11-14/h4-6,11-13,16,24H,2-3,7-10H2,1H3/b17-12-/t13-,16+/m0/s1. The molecule has 28 heavy (non-hydrogen) atoms. The predicted molar refractivity (Wildman–Crippen MR) is 112 cm³/mol. The zero-order valence-corrected chi connectivity index (χ0v) is 17.3. The Morgan fingerprint density at radius 2 is 2.25 bits per heavy atom. The summed E-state index contributed by atoms with van der Waals surface area (Å²) in [4.78, 5) is 29.5. The number of amides is 2. The molecule has 1 N–H and O–H groups in total. The summed E-state index contributed by atoms with van der Waals surface area (Å²) < 4.78 is 13.7. The van der Waals surface area contributed by atoms with Gasteiger partial charge in [0.05, 0.1) is 4.91 Å². The maximum atomic E-state index is 13.4. The van der Waals surface area contributed by atoms with Crippen LogP contribution in [-0.2, 0) is 9.59 Å². The van der Waals surface area contributed by atoms with Gasteiger partial charge >= 0.3 is 0 Å². The van der Waals surface area contributed by atoms with Crippen LogP contribution in [0.25, 0.3) is 6.08 Å². The van der Waals surface area contributed by atoms with E-state index in [2.05, 4.69) is 0 Å². The lowest BCUT2D eigenvalue weighted by Gasteiger charge is -2.38. The Kier molecular flexibility index (Phi) is 6.85. The number of thioether (sulfide) groups is 1. The first kappa shape index (κ1) is 21.0. The molecule has 1 aromatic rings. The Balaban J connectivity index is 1.78. The number of benzene rings is 1. The molecule has 0 saturated carbocycles. The van der Waals surface area contributed by atoms with E-state index in [1.807, 2.05) is 0 Å². The third-order valence-corrected chi connectivity index (χ3v) is 6.42. The molecule has 0 aliphatic carbocycles. The number of halogens is 1. The van der Waals surface area contributed by atoms with Gasteiger partial charge in [0.1, 0.15) is 16.2 Å². The molecule has 2 heterocycles. The second-order valence-corrected chi connectivity index (χ2v) is 8.65. The average Bonchev–Trinajstić information content (AvgIpc) is 2.94. The van der Waals surface area contributed by atoms with Crippen molar-refractivity contribution in [2.45, 2.75) is 44.7 Å². The molecule has 0 spiro atoms. The van der Waals surface area contributed by atoms with Gasteiger partial charge in [-0.3, -0.25) is 14.5 Å². The number of carbonyl (C=O) groups excluding carboxylic acids is 2. The van der Waals surface area contributed by atoms with Crippen LogP contribution in [-0.4, -0.2) is 56.3 Å². The zero-order valence-electron chi connectivity index (χ0n) is 15.6. The van der Waals surface area contributed by atoms with E-state index in [-0.39, 0.29) is 30.3 Å². The molecule has 1 aromatic carbocycles. The number of piperidine rings is 1. The Morgan fingerprint density at radius 1 is 1.46 bits per heavy atom. The SMILES string of the molecule is C[C@@H](C(=O)N1CCCC[C@@H]1CCO)N1C(=O)/C(=C/c2cccc(F)c2)SC1=S. The summed E-state index contributed by atoms with van der Waals surface area (Å²) in [6.07, 6.45) is 4.93. The van der Waals surface area contributed by atoms with Gasteiger partial charge in [0.2, 0.25) is 5.91 Å². The average molecular weight is 423 g/mol. The topological polar surface area (TPSA) is 60.9 Å². The fraction of sp³-hybridized carbons (Fsp3) is 0.450. The van der Waals surface area contributed by atoms with E-state index in [0.717, 1.165) is 31.0 Å². The molecule has 0 bridgehead atoms. The molecular weight excluding hydrogens is 399 g/mol. The molecule has 0 aromatic heterocycles. The number of nitrogens with zero attached hydrogens (tertiary/aromatic N) is 2. The first-order valence-electron chi connectivity index (χ1n) is 9.36. The first-order valence-corrected chi connectivity index (χ1v) is 10.6. The van der Waals surface area contributed by atoms with E-state index >= 15 is 0 Å². The molecule has 0 unspecified atom stereocenters. The second-order valence-electron chi connectivity index (χ2n) is 6.98. The van der Waals surface area contributed by atoms with Gasteiger partial charge in [-0.2, -0.15) is 0 Å². The van der Waals surface area contributed by atoms with Crippen molar-refractivity contribution in [2.75, 3.05) is 13.2 Å². The Hall–Kier alpha value is -1.77. The number of likely N-dealkylation sites (tertiary alicyclic amines) is 1. The molecule has 2 aliphatic rings. The summed E-state index contributed by atoms with van der Waals surface area (Å²) in [6, 6.07) is 5.24. The van der Waals surface area contributed by atoms with Crippen molar-refractivity contribution in [3.05, 3.63) is 40.6 Å². The Bertz CT molecular complexity index is 812. The van der Waals surface area contributed by atoms with Crippen LogP contribution in [0, 0.1) is 5.82 Å². The number of rotatable bonds is 5. The summed E-state index contributed by atoms with van der Waals surface area (Å²) >= 11 is 6.48. The fourth-order valence-electron chi connectivity index (χ4n) is 3.65. The smallest absolute Gasteiger partial charge is 0.266 e. The van der Waals surface area contributed by atoms with Crippen molar-refractivity contribution in [1.29, 1.82) is 0 Å². The monoisotopic (exact) mass is 422 g/mol. The highest BCUT2D eigenvalue weighted by molar-refractivity contribution is 8.26. The molecule has 150 valence electrons. The lowest BCUT2D eigenvalue weighted by molar-refractivity contribution is -0.142. The third kappa shape index (κ3) is 4.45. The van der Waals surface area contributed by atoms with Crippen molar-refractivity contribution < 1.29 is 19.1 Å². The largest absolute Gasteiger partial charge is 0.396 e. The highest BCUT2D eigenvalue weighted by atomic mass is 32.2. The van der Waals surface area contributed by atoms with Crippen LogP contribution in [0.1, 0.15) is 38.2 Å². The van der Waals surface area contributed by atoms with Gasteiger partial charge in [-0.1, -0.05) is 36.1 Å². The molecule has 2 atom stereocenters. The van der Waals surface area contributed by atoms with Gasteiger partial charge in [0.25, 0.3) is 5.91 Å². The van der Waals surface area contributed by atoms with Crippen molar-refractivity contribution in [1.82, 2.24) is 9.80 Å².